The topological polar surface area (TPSA) is 85.8 Å². The number of hydrogen-bond donors (Lipinski definition) is 2. The third-order valence-electron chi connectivity index (χ3n) is 2.53. The van der Waals surface area contributed by atoms with Gasteiger partial charge in [0.2, 0.25) is 0 Å². The smallest absolute Gasteiger partial charge is 0.271 e. The minimum atomic E-state index is -0.251. The van der Waals surface area contributed by atoms with Gasteiger partial charge in [0.25, 0.3) is 5.91 Å². The molecule has 1 amide bonds. The molecule has 2 aromatic rings. The Morgan fingerprint density at radius 1 is 1.40 bits per heavy atom. The van der Waals surface area contributed by atoms with Gasteiger partial charge in [0.1, 0.15) is 5.69 Å². The Hall–Kier alpha value is -2.65. The van der Waals surface area contributed by atoms with Gasteiger partial charge >= 0.3 is 0 Å². The van der Waals surface area contributed by atoms with E-state index in [9.17, 15) is 4.79 Å². The van der Waals surface area contributed by atoms with E-state index >= 15 is 0 Å². The average molecular weight is 269 g/mol. The summed E-state index contributed by atoms with van der Waals surface area (Å²) in [5, 5.41) is 6.85. The average Bonchev–Trinajstić information content (AvgIpc) is 2.98. The number of nitrogens with one attached hydrogen (secondary N) is 1. The lowest BCUT2D eigenvalue weighted by Crippen LogP contribution is -2.28. The van der Waals surface area contributed by atoms with Crippen molar-refractivity contribution < 1.29 is 4.79 Å². The number of rotatable bonds is 4. The van der Waals surface area contributed by atoms with Crippen molar-refractivity contribution in [1.82, 2.24) is 20.1 Å². The van der Waals surface area contributed by atoms with E-state index in [0.29, 0.717) is 24.3 Å². The normalized spacial score (nSPS) is 9.65. The highest BCUT2D eigenvalue weighted by Gasteiger charge is 2.10. The van der Waals surface area contributed by atoms with Crippen LogP contribution in [0.4, 0.5) is 0 Å². The fourth-order valence-electron chi connectivity index (χ4n) is 1.63. The molecule has 2 heterocycles. The van der Waals surface area contributed by atoms with E-state index in [1.807, 2.05) is 12.3 Å². The Balaban J connectivity index is 1.98. The fraction of sp³-hybridized carbons (Fsp3) is 0.214. The van der Waals surface area contributed by atoms with Crippen molar-refractivity contribution in [2.24, 2.45) is 5.73 Å². The second-order valence-corrected chi connectivity index (χ2v) is 3.93. The molecule has 0 bridgehead atoms. The Morgan fingerprint density at radius 3 is 3.05 bits per heavy atom. The first-order valence-corrected chi connectivity index (χ1v) is 6.21. The maximum atomic E-state index is 12.1. The molecule has 0 spiro atoms. The van der Waals surface area contributed by atoms with Gasteiger partial charge in [-0.15, -0.1) is 0 Å². The number of carbonyl (C=O) groups is 1. The van der Waals surface area contributed by atoms with Gasteiger partial charge in [-0.25, -0.2) is 4.98 Å². The zero-order valence-electron chi connectivity index (χ0n) is 10.9. The van der Waals surface area contributed by atoms with Crippen molar-refractivity contribution in [3.05, 3.63) is 48.0 Å². The molecule has 0 saturated heterocycles. The largest absolute Gasteiger partial charge is 0.349 e. The molecular formula is C14H15N5O. The van der Waals surface area contributed by atoms with E-state index in [2.05, 4.69) is 27.2 Å². The minimum absolute atomic E-state index is 0.245. The van der Waals surface area contributed by atoms with E-state index in [0.717, 1.165) is 0 Å². The third-order valence-corrected chi connectivity index (χ3v) is 2.53. The molecule has 2 rings (SSSR count). The number of pyridine rings is 1. The summed E-state index contributed by atoms with van der Waals surface area (Å²) in [6.45, 7) is 1.32. The molecule has 0 fully saturated rings. The lowest BCUT2D eigenvalue weighted by molar-refractivity contribution is 0.0946. The molecule has 0 aromatic carbocycles. The van der Waals surface area contributed by atoms with Gasteiger partial charge in [0.15, 0.2) is 0 Å². The highest BCUT2D eigenvalue weighted by atomic mass is 16.1. The van der Waals surface area contributed by atoms with Crippen LogP contribution in [0.15, 0.2) is 36.8 Å². The molecule has 0 unspecified atom stereocenters. The SMILES string of the molecule is NCC#Cc1cccnc1C(=O)NCCn1cccn1. The van der Waals surface area contributed by atoms with E-state index < -0.39 is 0 Å². The zero-order chi connectivity index (χ0) is 14.2. The second kappa shape index (κ2) is 7.07. The summed E-state index contributed by atoms with van der Waals surface area (Å²) in [7, 11) is 0. The van der Waals surface area contributed by atoms with E-state index in [1.54, 1.807) is 29.2 Å². The lowest BCUT2D eigenvalue weighted by Gasteiger charge is -2.06. The first-order valence-electron chi connectivity index (χ1n) is 6.21. The number of nitrogens with two attached hydrogens (primary N) is 1. The Morgan fingerprint density at radius 2 is 2.30 bits per heavy atom. The van der Waals surface area contributed by atoms with E-state index in [1.165, 1.54) is 0 Å². The van der Waals surface area contributed by atoms with Crippen LogP contribution in [0.5, 0.6) is 0 Å². The first kappa shape index (κ1) is 13.8. The van der Waals surface area contributed by atoms with Crippen LogP contribution in [-0.2, 0) is 6.54 Å². The van der Waals surface area contributed by atoms with Crippen molar-refractivity contribution >= 4 is 5.91 Å². The number of amides is 1. The van der Waals surface area contributed by atoms with E-state index in [-0.39, 0.29) is 12.5 Å². The van der Waals surface area contributed by atoms with Gasteiger partial charge in [-0.2, -0.15) is 5.10 Å². The maximum Gasteiger partial charge on any atom is 0.271 e. The summed E-state index contributed by atoms with van der Waals surface area (Å²) >= 11 is 0. The van der Waals surface area contributed by atoms with Gasteiger partial charge in [-0.3, -0.25) is 9.48 Å². The van der Waals surface area contributed by atoms with Crippen molar-refractivity contribution in [2.45, 2.75) is 6.54 Å². The fourth-order valence-corrected chi connectivity index (χ4v) is 1.63. The summed E-state index contributed by atoms with van der Waals surface area (Å²) in [5.74, 6) is 5.31. The molecule has 0 aliphatic heterocycles. The second-order valence-electron chi connectivity index (χ2n) is 3.93. The molecule has 0 aliphatic rings. The number of carbonyl (C=O) groups excluding carboxylic acids is 1. The summed E-state index contributed by atoms with van der Waals surface area (Å²) in [5.41, 5.74) is 6.22. The van der Waals surface area contributed by atoms with Gasteiger partial charge in [-0.1, -0.05) is 11.8 Å². The molecule has 6 nitrogen and oxygen atoms in total. The van der Waals surface area contributed by atoms with Crippen LogP contribution < -0.4 is 11.1 Å². The highest BCUT2D eigenvalue weighted by molar-refractivity contribution is 5.94. The van der Waals surface area contributed by atoms with Crippen LogP contribution in [-0.4, -0.2) is 33.8 Å². The molecule has 3 N–H and O–H groups in total. The molecule has 0 saturated carbocycles. The van der Waals surface area contributed by atoms with Crippen LogP contribution in [0, 0.1) is 11.8 Å². The van der Waals surface area contributed by atoms with Crippen LogP contribution >= 0.6 is 0 Å². The summed E-state index contributed by atoms with van der Waals surface area (Å²) in [4.78, 5) is 16.1. The summed E-state index contributed by atoms with van der Waals surface area (Å²) < 4.78 is 1.74. The number of aromatic nitrogens is 3. The van der Waals surface area contributed by atoms with Gasteiger partial charge in [0.05, 0.1) is 18.7 Å². The van der Waals surface area contributed by atoms with Gasteiger partial charge < -0.3 is 11.1 Å². The molecule has 6 heteroatoms. The van der Waals surface area contributed by atoms with Crippen molar-refractivity contribution in [1.29, 1.82) is 0 Å². The summed E-state index contributed by atoms with van der Waals surface area (Å²) in [6.07, 6.45) is 5.10. The number of nitrogens with zero attached hydrogens (tertiary/aromatic N) is 3. The molecule has 0 aliphatic carbocycles. The van der Waals surface area contributed by atoms with Gasteiger partial charge in [-0.05, 0) is 18.2 Å². The molecule has 0 radical (unpaired) electrons. The predicted molar refractivity (Wildman–Crippen MR) is 74.7 cm³/mol. The van der Waals surface area contributed by atoms with Crippen LogP contribution in [0.2, 0.25) is 0 Å². The lowest BCUT2D eigenvalue weighted by atomic mass is 10.2. The van der Waals surface area contributed by atoms with Crippen molar-refractivity contribution in [3.63, 3.8) is 0 Å². The first-order chi connectivity index (χ1) is 9.81. The van der Waals surface area contributed by atoms with Crippen molar-refractivity contribution in [3.8, 4) is 11.8 Å². The minimum Gasteiger partial charge on any atom is -0.349 e. The zero-order valence-corrected chi connectivity index (χ0v) is 10.9. The monoisotopic (exact) mass is 269 g/mol. The van der Waals surface area contributed by atoms with Crippen molar-refractivity contribution in [2.75, 3.05) is 13.1 Å². The standard InChI is InChI=1S/C14H15N5O/c15-6-1-4-12-5-2-7-16-13(12)14(20)17-9-11-19-10-3-8-18-19/h2-3,5,7-8,10H,6,9,11,15H2,(H,17,20). The Kier molecular flexibility index (Phi) is 4.87. The van der Waals surface area contributed by atoms with Crippen LogP contribution in [0.25, 0.3) is 0 Å². The summed E-state index contributed by atoms with van der Waals surface area (Å²) in [6, 6.07) is 5.32. The maximum absolute atomic E-state index is 12.1. The molecule has 0 atom stereocenters. The quantitative estimate of drug-likeness (QED) is 0.766. The Bertz CT molecular complexity index is 625. The molecule has 20 heavy (non-hydrogen) atoms. The predicted octanol–water partition coefficient (Wildman–Crippen LogP) is 0.0183. The molecular weight excluding hydrogens is 254 g/mol. The molecule has 2 aromatic heterocycles. The van der Waals surface area contributed by atoms with Crippen LogP contribution in [0.1, 0.15) is 16.1 Å². The van der Waals surface area contributed by atoms with Gasteiger partial charge in [0, 0.05) is 25.1 Å². The molecule has 102 valence electrons. The van der Waals surface area contributed by atoms with Crippen LogP contribution in [0.3, 0.4) is 0 Å². The third kappa shape index (κ3) is 3.67. The number of hydrogen-bond acceptors (Lipinski definition) is 4. The van der Waals surface area contributed by atoms with E-state index in [4.69, 9.17) is 5.73 Å². The highest BCUT2D eigenvalue weighted by Crippen LogP contribution is 2.03. The Labute approximate surface area is 117 Å².